The molecule has 3 aromatic heterocycles. The summed E-state index contributed by atoms with van der Waals surface area (Å²) in [6, 6.07) is 5.38. The highest BCUT2D eigenvalue weighted by Crippen LogP contribution is 2.20. The first kappa shape index (κ1) is 13.3. The molecule has 0 spiro atoms. The second kappa shape index (κ2) is 5.01. The van der Waals surface area contributed by atoms with Crippen molar-refractivity contribution in [1.29, 1.82) is 0 Å². The third kappa shape index (κ3) is 2.16. The summed E-state index contributed by atoms with van der Waals surface area (Å²) in [5.41, 5.74) is 2.94. The lowest BCUT2D eigenvalue weighted by Crippen LogP contribution is -2.04. The topological polar surface area (TPSA) is 74.3 Å². The zero-order chi connectivity index (χ0) is 15.0. The fourth-order valence-electron chi connectivity index (χ4n) is 2.21. The molecular formula is C14H15N5O2. The largest absolute Gasteiger partial charge is 0.465 e. The molecule has 0 unspecified atom stereocenters. The van der Waals surface area contributed by atoms with Crippen LogP contribution < -0.4 is 0 Å². The van der Waals surface area contributed by atoms with Gasteiger partial charge >= 0.3 is 5.97 Å². The van der Waals surface area contributed by atoms with Gasteiger partial charge in [-0.15, -0.1) is 10.2 Å². The second-order valence-electron chi connectivity index (χ2n) is 4.66. The highest BCUT2D eigenvalue weighted by molar-refractivity contribution is 5.89. The molecule has 7 nitrogen and oxygen atoms in total. The van der Waals surface area contributed by atoms with Crippen LogP contribution in [-0.4, -0.2) is 37.5 Å². The molecule has 0 aromatic carbocycles. The maximum Gasteiger partial charge on any atom is 0.339 e. The van der Waals surface area contributed by atoms with Gasteiger partial charge in [0, 0.05) is 13.2 Å². The van der Waals surface area contributed by atoms with Gasteiger partial charge in [0.15, 0.2) is 11.5 Å². The van der Waals surface area contributed by atoms with Gasteiger partial charge in [0.05, 0.1) is 18.4 Å². The number of fused-ring (bicyclic) bond motifs is 1. The van der Waals surface area contributed by atoms with Crippen molar-refractivity contribution in [1.82, 2.24) is 24.4 Å². The molecule has 108 valence electrons. The van der Waals surface area contributed by atoms with Crippen molar-refractivity contribution in [2.24, 2.45) is 7.05 Å². The van der Waals surface area contributed by atoms with E-state index in [9.17, 15) is 4.79 Å². The lowest BCUT2D eigenvalue weighted by atomic mass is 10.2. The third-order valence-electron chi connectivity index (χ3n) is 3.35. The lowest BCUT2D eigenvalue weighted by Gasteiger charge is -2.03. The normalized spacial score (nSPS) is 11.0. The van der Waals surface area contributed by atoms with Crippen LogP contribution in [0.5, 0.6) is 0 Å². The molecule has 3 heterocycles. The number of hydrogen-bond donors (Lipinski definition) is 0. The van der Waals surface area contributed by atoms with Crippen LogP contribution in [0.25, 0.3) is 17.2 Å². The minimum Gasteiger partial charge on any atom is -0.465 e. The molecule has 7 heteroatoms. The molecule has 0 aliphatic carbocycles. The number of rotatable bonds is 3. The molecular weight excluding hydrogens is 270 g/mol. The highest BCUT2D eigenvalue weighted by Gasteiger charge is 2.15. The fourth-order valence-corrected chi connectivity index (χ4v) is 2.21. The first-order chi connectivity index (χ1) is 10.1. The number of carbonyl (C=O) groups excluding carboxylic acids is 1. The van der Waals surface area contributed by atoms with Gasteiger partial charge in [0.25, 0.3) is 0 Å². The van der Waals surface area contributed by atoms with Crippen LogP contribution in [0.4, 0.5) is 0 Å². The number of aryl methyl sites for hydroxylation is 2. The van der Waals surface area contributed by atoms with Crippen LogP contribution in [0, 0.1) is 0 Å². The molecule has 0 fully saturated rings. The minimum absolute atomic E-state index is 0.393. The minimum atomic E-state index is -0.393. The van der Waals surface area contributed by atoms with Crippen LogP contribution in [0.3, 0.4) is 0 Å². The van der Waals surface area contributed by atoms with Crippen molar-refractivity contribution in [3.05, 3.63) is 35.7 Å². The fraction of sp³-hybridized carbons (Fsp3) is 0.286. The van der Waals surface area contributed by atoms with Crippen LogP contribution in [0.2, 0.25) is 0 Å². The SMILES string of the molecule is CCc1cc(-c2nnc3ccc(C(=O)OC)cn23)n(C)n1. The van der Waals surface area contributed by atoms with Crippen LogP contribution >= 0.6 is 0 Å². The van der Waals surface area contributed by atoms with E-state index in [2.05, 4.69) is 15.3 Å². The quantitative estimate of drug-likeness (QED) is 0.681. The van der Waals surface area contributed by atoms with E-state index in [1.54, 1.807) is 27.4 Å². The number of pyridine rings is 1. The Balaban J connectivity index is 2.18. The Morgan fingerprint density at radius 3 is 2.81 bits per heavy atom. The molecule has 0 radical (unpaired) electrons. The number of aromatic nitrogens is 5. The standard InChI is InChI=1S/C14H15N5O2/c1-4-10-7-11(18(2)17-10)13-16-15-12-6-5-9(8-19(12)13)14(20)21-3/h5-8H,4H2,1-3H3. The predicted molar refractivity (Wildman–Crippen MR) is 75.9 cm³/mol. The van der Waals surface area contributed by atoms with Gasteiger partial charge < -0.3 is 4.74 Å². The monoisotopic (exact) mass is 285 g/mol. The Hall–Kier alpha value is -2.70. The number of esters is 1. The van der Waals surface area contributed by atoms with Crippen molar-refractivity contribution in [3.8, 4) is 11.5 Å². The molecule has 0 atom stereocenters. The summed E-state index contributed by atoms with van der Waals surface area (Å²) in [6.45, 7) is 2.05. The molecule has 0 amide bonds. The van der Waals surface area contributed by atoms with Crippen molar-refractivity contribution >= 4 is 11.6 Å². The number of ether oxygens (including phenoxy) is 1. The third-order valence-corrected chi connectivity index (χ3v) is 3.35. The van der Waals surface area contributed by atoms with Gasteiger partial charge in [-0.1, -0.05) is 6.92 Å². The molecule has 0 saturated heterocycles. The van der Waals surface area contributed by atoms with Crippen molar-refractivity contribution < 1.29 is 9.53 Å². The summed E-state index contributed by atoms with van der Waals surface area (Å²) >= 11 is 0. The molecule has 0 aliphatic heterocycles. The number of carbonyl (C=O) groups is 1. The van der Waals surface area contributed by atoms with Crippen LogP contribution in [-0.2, 0) is 18.2 Å². The van der Waals surface area contributed by atoms with Gasteiger partial charge in [-0.3, -0.25) is 9.08 Å². The van der Waals surface area contributed by atoms with Crippen LogP contribution in [0.1, 0.15) is 23.0 Å². The van der Waals surface area contributed by atoms with E-state index in [4.69, 9.17) is 4.74 Å². The number of hydrogen-bond acceptors (Lipinski definition) is 5. The first-order valence-corrected chi connectivity index (χ1v) is 6.60. The van der Waals surface area contributed by atoms with Gasteiger partial charge in [-0.05, 0) is 24.6 Å². The van der Waals surface area contributed by atoms with E-state index in [-0.39, 0.29) is 0 Å². The maximum absolute atomic E-state index is 11.7. The summed E-state index contributed by atoms with van der Waals surface area (Å²) < 4.78 is 8.27. The van der Waals surface area contributed by atoms with Crippen LogP contribution in [0.15, 0.2) is 24.4 Å². The summed E-state index contributed by atoms with van der Waals surface area (Å²) in [6.07, 6.45) is 2.52. The number of methoxy groups -OCH3 is 1. The summed E-state index contributed by atoms with van der Waals surface area (Å²) in [4.78, 5) is 11.7. The first-order valence-electron chi connectivity index (χ1n) is 6.60. The number of nitrogens with zero attached hydrogens (tertiary/aromatic N) is 5. The molecule has 0 saturated carbocycles. The summed E-state index contributed by atoms with van der Waals surface area (Å²) in [5, 5.41) is 12.7. The maximum atomic E-state index is 11.7. The van der Waals surface area contributed by atoms with Crippen molar-refractivity contribution in [3.63, 3.8) is 0 Å². The Labute approximate surface area is 121 Å². The Morgan fingerprint density at radius 2 is 2.14 bits per heavy atom. The lowest BCUT2D eigenvalue weighted by molar-refractivity contribution is 0.0600. The Kier molecular flexibility index (Phi) is 3.17. The van der Waals surface area contributed by atoms with Gasteiger partial charge in [0.2, 0.25) is 0 Å². The zero-order valence-corrected chi connectivity index (χ0v) is 12.1. The molecule has 0 bridgehead atoms. The Morgan fingerprint density at radius 1 is 1.33 bits per heavy atom. The average molecular weight is 285 g/mol. The predicted octanol–water partition coefficient (Wildman–Crippen LogP) is 1.48. The molecule has 0 aliphatic rings. The van der Waals surface area contributed by atoms with E-state index < -0.39 is 5.97 Å². The van der Waals surface area contributed by atoms with E-state index in [0.717, 1.165) is 17.8 Å². The van der Waals surface area contributed by atoms with Gasteiger partial charge in [-0.2, -0.15) is 5.10 Å². The molecule has 0 N–H and O–H groups in total. The van der Waals surface area contributed by atoms with E-state index in [0.29, 0.717) is 17.0 Å². The van der Waals surface area contributed by atoms with E-state index >= 15 is 0 Å². The average Bonchev–Trinajstić information content (AvgIpc) is 3.08. The van der Waals surface area contributed by atoms with Gasteiger partial charge in [-0.25, -0.2) is 4.79 Å². The smallest absolute Gasteiger partial charge is 0.339 e. The molecule has 3 aromatic rings. The van der Waals surface area contributed by atoms with Crippen molar-refractivity contribution in [2.75, 3.05) is 7.11 Å². The molecule has 21 heavy (non-hydrogen) atoms. The van der Waals surface area contributed by atoms with Crippen molar-refractivity contribution in [2.45, 2.75) is 13.3 Å². The Bertz CT molecular complexity index is 818. The summed E-state index contributed by atoms with van der Waals surface area (Å²) in [5.74, 6) is 0.251. The summed E-state index contributed by atoms with van der Waals surface area (Å²) in [7, 11) is 3.22. The zero-order valence-electron chi connectivity index (χ0n) is 12.1. The van der Waals surface area contributed by atoms with E-state index in [1.807, 2.05) is 20.0 Å². The van der Waals surface area contributed by atoms with Gasteiger partial charge in [0.1, 0.15) is 5.69 Å². The highest BCUT2D eigenvalue weighted by atomic mass is 16.5. The molecule has 3 rings (SSSR count). The van der Waals surface area contributed by atoms with E-state index in [1.165, 1.54) is 7.11 Å². The second-order valence-corrected chi connectivity index (χ2v) is 4.66.